The topological polar surface area (TPSA) is 96.7 Å². The minimum atomic E-state index is 0.623. The molecule has 0 aliphatic heterocycles. The lowest BCUT2D eigenvalue weighted by Gasteiger charge is -2.03. The predicted octanol–water partition coefficient (Wildman–Crippen LogP) is 1.05. The number of fused-ring (bicyclic) bond motifs is 2. The molecular formula is C13H12N8. The Morgan fingerprint density at radius 1 is 1.14 bits per heavy atom. The van der Waals surface area contributed by atoms with E-state index in [1.165, 1.54) is 4.63 Å². The second-order valence-electron chi connectivity index (χ2n) is 4.62. The van der Waals surface area contributed by atoms with Crippen LogP contribution in [0.25, 0.3) is 16.7 Å². The van der Waals surface area contributed by atoms with Crippen LogP contribution in [0.3, 0.4) is 0 Å². The van der Waals surface area contributed by atoms with Crippen LogP contribution in [0.15, 0.2) is 36.4 Å². The van der Waals surface area contributed by atoms with Crippen LogP contribution < -0.4 is 5.32 Å². The van der Waals surface area contributed by atoms with Gasteiger partial charge in [0.25, 0.3) is 0 Å². The summed E-state index contributed by atoms with van der Waals surface area (Å²) in [6, 6.07) is 11.7. The standard InChI is InChI=1S/C13H12N8/c1-2-4-10-9(3-1)15-12(16-10)7-8-14-11-5-6-13-17-19-20-21(13)18-11/h1-6H,7-8H2,(H,14,18)(H,15,16). The van der Waals surface area contributed by atoms with Crippen molar-refractivity contribution in [3.63, 3.8) is 0 Å². The summed E-state index contributed by atoms with van der Waals surface area (Å²) in [6.45, 7) is 0.723. The highest BCUT2D eigenvalue weighted by Gasteiger charge is 2.03. The van der Waals surface area contributed by atoms with Gasteiger partial charge in [-0.25, -0.2) is 4.98 Å². The fourth-order valence-corrected chi connectivity index (χ4v) is 2.18. The molecule has 0 radical (unpaired) electrons. The molecule has 4 aromatic rings. The molecule has 1 aromatic carbocycles. The number of para-hydroxylation sites is 2. The molecule has 3 aromatic heterocycles. The number of anilines is 1. The zero-order valence-electron chi connectivity index (χ0n) is 11.1. The van der Waals surface area contributed by atoms with Crippen molar-refractivity contribution >= 4 is 22.5 Å². The van der Waals surface area contributed by atoms with E-state index in [2.05, 4.69) is 35.9 Å². The third-order valence-corrected chi connectivity index (χ3v) is 3.18. The van der Waals surface area contributed by atoms with Crippen molar-refractivity contribution in [1.29, 1.82) is 0 Å². The third-order valence-electron chi connectivity index (χ3n) is 3.18. The molecule has 0 aliphatic carbocycles. The average molecular weight is 280 g/mol. The van der Waals surface area contributed by atoms with Gasteiger partial charge in [0.15, 0.2) is 5.65 Å². The van der Waals surface area contributed by atoms with Crippen LogP contribution in [0.5, 0.6) is 0 Å². The molecule has 0 saturated carbocycles. The van der Waals surface area contributed by atoms with Crippen LogP contribution >= 0.6 is 0 Å². The van der Waals surface area contributed by atoms with E-state index in [9.17, 15) is 0 Å². The van der Waals surface area contributed by atoms with Gasteiger partial charge in [0, 0.05) is 13.0 Å². The van der Waals surface area contributed by atoms with Crippen molar-refractivity contribution in [3.05, 3.63) is 42.2 Å². The highest BCUT2D eigenvalue weighted by Crippen LogP contribution is 2.10. The lowest BCUT2D eigenvalue weighted by molar-refractivity contribution is 0.733. The molecule has 4 rings (SSSR count). The maximum Gasteiger partial charge on any atom is 0.200 e. The number of aromatic amines is 1. The maximum atomic E-state index is 4.53. The lowest BCUT2D eigenvalue weighted by Crippen LogP contribution is -2.09. The summed E-state index contributed by atoms with van der Waals surface area (Å²) in [4.78, 5) is 7.83. The zero-order valence-corrected chi connectivity index (χ0v) is 11.1. The largest absolute Gasteiger partial charge is 0.368 e. The van der Waals surface area contributed by atoms with Crippen LogP contribution in [-0.4, -0.2) is 41.8 Å². The Balaban J connectivity index is 1.44. The number of aromatic nitrogens is 7. The fraction of sp³-hybridized carbons (Fsp3) is 0.154. The van der Waals surface area contributed by atoms with Gasteiger partial charge in [0.1, 0.15) is 11.6 Å². The minimum Gasteiger partial charge on any atom is -0.368 e. The number of H-pyrrole nitrogens is 1. The van der Waals surface area contributed by atoms with Gasteiger partial charge in [0.05, 0.1) is 11.0 Å². The molecule has 8 nitrogen and oxygen atoms in total. The molecule has 21 heavy (non-hydrogen) atoms. The summed E-state index contributed by atoms with van der Waals surface area (Å²) in [5, 5.41) is 18.6. The van der Waals surface area contributed by atoms with Gasteiger partial charge in [-0.2, -0.15) is 0 Å². The van der Waals surface area contributed by atoms with Gasteiger partial charge < -0.3 is 10.3 Å². The minimum absolute atomic E-state index is 0.623. The van der Waals surface area contributed by atoms with Gasteiger partial charge in [-0.3, -0.25) is 0 Å². The lowest BCUT2D eigenvalue weighted by atomic mass is 10.3. The van der Waals surface area contributed by atoms with E-state index in [-0.39, 0.29) is 0 Å². The smallest absolute Gasteiger partial charge is 0.200 e. The average Bonchev–Trinajstić information content (AvgIpc) is 3.12. The van der Waals surface area contributed by atoms with Gasteiger partial charge in [0.2, 0.25) is 0 Å². The summed E-state index contributed by atoms with van der Waals surface area (Å²) in [6.07, 6.45) is 0.782. The number of hydrogen-bond donors (Lipinski definition) is 2. The summed E-state index contributed by atoms with van der Waals surface area (Å²) in [7, 11) is 0. The summed E-state index contributed by atoms with van der Waals surface area (Å²) >= 11 is 0. The molecule has 0 aliphatic rings. The molecule has 0 atom stereocenters. The predicted molar refractivity (Wildman–Crippen MR) is 76.9 cm³/mol. The van der Waals surface area contributed by atoms with E-state index < -0.39 is 0 Å². The molecule has 8 heteroatoms. The molecule has 0 spiro atoms. The maximum absolute atomic E-state index is 4.53. The normalized spacial score (nSPS) is 11.2. The number of nitrogens with one attached hydrogen (secondary N) is 2. The fourth-order valence-electron chi connectivity index (χ4n) is 2.18. The van der Waals surface area contributed by atoms with Crippen molar-refractivity contribution in [1.82, 2.24) is 35.2 Å². The van der Waals surface area contributed by atoms with Crippen LogP contribution in [0, 0.1) is 0 Å². The number of benzene rings is 1. The Morgan fingerprint density at radius 2 is 2.10 bits per heavy atom. The van der Waals surface area contributed by atoms with E-state index in [0.717, 1.165) is 35.6 Å². The van der Waals surface area contributed by atoms with Crippen molar-refractivity contribution < 1.29 is 0 Å². The van der Waals surface area contributed by atoms with Crippen LogP contribution in [-0.2, 0) is 6.42 Å². The van der Waals surface area contributed by atoms with Crippen molar-refractivity contribution in [2.45, 2.75) is 6.42 Å². The molecule has 0 amide bonds. The number of imidazole rings is 1. The first-order valence-corrected chi connectivity index (χ1v) is 6.61. The molecule has 3 heterocycles. The van der Waals surface area contributed by atoms with E-state index in [1.54, 1.807) is 0 Å². The number of rotatable bonds is 4. The Labute approximate surface area is 119 Å². The number of hydrogen-bond acceptors (Lipinski definition) is 6. The zero-order chi connectivity index (χ0) is 14.1. The Bertz CT molecular complexity index is 858. The van der Waals surface area contributed by atoms with Crippen LogP contribution in [0.2, 0.25) is 0 Å². The summed E-state index contributed by atoms with van der Waals surface area (Å²) in [5.41, 5.74) is 2.67. The second kappa shape index (κ2) is 4.82. The second-order valence-corrected chi connectivity index (χ2v) is 4.62. The molecule has 0 bridgehead atoms. The van der Waals surface area contributed by atoms with Gasteiger partial charge >= 0.3 is 0 Å². The van der Waals surface area contributed by atoms with Gasteiger partial charge in [-0.15, -0.1) is 14.8 Å². The van der Waals surface area contributed by atoms with E-state index in [4.69, 9.17) is 0 Å². The molecule has 104 valence electrons. The highest BCUT2D eigenvalue weighted by molar-refractivity contribution is 5.74. The van der Waals surface area contributed by atoms with Crippen LogP contribution in [0.1, 0.15) is 5.82 Å². The Morgan fingerprint density at radius 3 is 3.05 bits per heavy atom. The monoisotopic (exact) mass is 280 g/mol. The van der Waals surface area contributed by atoms with E-state index >= 15 is 0 Å². The quantitative estimate of drug-likeness (QED) is 0.580. The first-order valence-electron chi connectivity index (χ1n) is 6.61. The number of nitrogens with zero attached hydrogens (tertiary/aromatic N) is 6. The SMILES string of the molecule is c1ccc2[nH]c(CCNc3ccc4nnnn4n3)nc2c1. The third kappa shape index (κ3) is 2.27. The van der Waals surface area contributed by atoms with Gasteiger partial charge in [-0.05, 0) is 34.7 Å². The first kappa shape index (κ1) is 11.8. The van der Waals surface area contributed by atoms with E-state index in [0.29, 0.717) is 5.65 Å². The summed E-state index contributed by atoms with van der Waals surface area (Å²) in [5.74, 6) is 1.68. The van der Waals surface area contributed by atoms with Crippen molar-refractivity contribution in [2.24, 2.45) is 0 Å². The molecule has 0 saturated heterocycles. The molecule has 0 unspecified atom stereocenters. The molecule has 0 fully saturated rings. The first-order chi connectivity index (χ1) is 10.4. The van der Waals surface area contributed by atoms with Gasteiger partial charge in [-0.1, -0.05) is 12.1 Å². The van der Waals surface area contributed by atoms with Crippen molar-refractivity contribution in [3.8, 4) is 0 Å². The Hall–Kier alpha value is -3.03. The van der Waals surface area contributed by atoms with Crippen LogP contribution in [0.4, 0.5) is 5.82 Å². The summed E-state index contributed by atoms with van der Waals surface area (Å²) < 4.78 is 1.39. The Kier molecular flexibility index (Phi) is 2.70. The molecular weight excluding hydrogens is 268 g/mol. The molecule has 2 N–H and O–H groups in total. The number of tetrazole rings is 1. The van der Waals surface area contributed by atoms with Crippen molar-refractivity contribution in [2.75, 3.05) is 11.9 Å². The van der Waals surface area contributed by atoms with E-state index in [1.807, 2.05) is 36.4 Å². The highest BCUT2D eigenvalue weighted by atomic mass is 15.6.